The maximum atomic E-state index is 11.5. The zero-order valence-corrected chi connectivity index (χ0v) is 10.2. The minimum Gasteiger partial charge on any atom is -0.351 e. The van der Waals surface area contributed by atoms with Gasteiger partial charge in [-0.1, -0.05) is 0 Å². The summed E-state index contributed by atoms with van der Waals surface area (Å²) in [4.78, 5) is 14.7. The molecule has 0 saturated heterocycles. The van der Waals surface area contributed by atoms with Gasteiger partial charge in [-0.15, -0.1) is 0 Å². The Labute approximate surface area is 94.5 Å². The third-order valence-electron chi connectivity index (χ3n) is 1.93. The molecule has 15 heavy (non-hydrogen) atoms. The standard InChI is InChI=1S/C10H17N3OS/c1-8-7-9(12-15-8)10(14)11-5-4-6-13(2)3/h7H,4-6H2,1-3H3,(H,11,14). The summed E-state index contributed by atoms with van der Waals surface area (Å²) in [6.45, 7) is 3.63. The smallest absolute Gasteiger partial charge is 0.270 e. The Hall–Kier alpha value is -0.940. The van der Waals surface area contributed by atoms with Gasteiger partial charge >= 0.3 is 0 Å². The van der Waals surface area contributed by atoms with E-state index in [0.29, 0.717) is 12.2 Å². The number of aromatic nitrogens is 1. The SMILES string of the molecule is Cc1cc(C(=O)NCCCN(C)C)ns1. The Kier molecular flexibility index (Phi) is 4.71. The summed E-state index contributed by atoms with van der Waals surface area (Å²) in [6.07, 6.45) is 0.960. The summed E-state index contributed by atoms with van der Waals surface area (Å²) in [7, 11) is 4.04. The highest BCUT2D eigenvalue weighted by Gasteiger charge is 2.07. The molecule has 5 heteroatoms. The molecule has 0 atom stereocenters. The fourth-order valence-electron chi connectivity index (χ4n) is 1.16. The maximum absolute atomic E-state index is 11.5. The van der Waals surface area contributed by atoms with Crippen molar-refractivity contribution in [3.05, 3.63) is 16.6 Å². The second-order valence-corrected chi connectivity index (χ2v) is 4.74. The summed E-state index contributed by atoms with van der Waals surface area (Å²) in [5.41, 5.74) is 0.530. The van der Waals surface area contributed by atoms with Crippen molar-refractivity contribution in [2.75, 3.05) is 27.2 Å². The topological polar surface area (TPSA) is 45.2 Å². The van der Waals surface area contributed by atoms with Gasteiger partial charge in [-0.25, -0.2) is 0 Å². The second kappa shape index (κ2) is 5.82. The first-order chi connectivity index (χ1) is 7.09. The van der Waals surface area contributed by atoms with Crippen LogP contribution < -0.4 is 5.32 Å². The summed E-state index contributed by atoms with van der Waals surface area (Å²) in [5, 5.41) is 2.85. The molecule has 0 fully saturated rings. The van der Waals surface area contributed by atoms with Crippen molar-refractivity contribution in [3.63, 3.8) is 0 Å². The van der Waals surface area contributed by atoms with Gasteiger partial charge in [0.15, 0.2) is 0 Å². The van der Waals surface area contributed by atoms with Gasteiger partial charge in [-0.3, -0.25) is 4.79 Å². The van der Waals surface area contributed by atoms with E-state index in [0.717, 1.165) is 17.8 Å². The van der Waals surface area contributed by atoms with Crippen LogP contribution in [0, 0.1) is 6.92 Å². The van der Waals surface area contributed by atoms with Gasteiger partial charge in [0.1, 0.15) is 5.69 Å². The van der Waals surface area contributed by atoms with Crippen molar-refractivity contribution in [1.29, 1.82) is 0 Å². The molecule has 4 nitrogen and oxygen atoms in total. The van der Waals surface area contributed by atoms with Crippen LogP contribution in [0.5, 0.6) is 0 Å². The number of amides is 1. The Morgan fingerprint density at radius 2 is 2.33 bits per heavy atom. The van der Waals surface area contributed by atoms with Crippen LogP contribution in [0.1, 0.15) is 21.8 Å². The van der Waals surface area contributed by atoms with E-state index in [-0.39, 0.29) is 5.91 Å². The lowest BCUT2D eigenvalue weighted by molar-refractivity contribution is 0.0948. The Bertz CT molecular complexity index is 322. The van der Waals surface area contributed by atoms with Crippen molar-refractivity contribution in [2.45, 2.75) is 13.3 Å². The minimum absolute atomic E-state index is 0.0712. The van der Waals surface area contributed by atoms with Crippen LogP contribution in [0.4, 0.5) is 0 Å². The normalized spacial score (nSPS) is 10.7. The van der Waals surface area contributed by atoms with Crippen molar-refractivity contribution in [2.24, 2.45) is 0 Å². The molecule has 0 saturated carbocycles. The van der Waals surface area contributed by atoms with E-state index in [9.17, 15) is 4.79 Å². The van der Waals surface area contributed by atoms with Crippen LogP contribution in [0.2, 0.25) is 0 Å². The molecule has 0 bridgehead atoms. The van der Waals surface area contributed by atoms with Gasteiger partial charge in [0.05, 0.1) is 0 Å². The van der Waals surface area contributed by atoms with Gasteiger partial charge in [0, 0.05) is 11.4 Å². The van der Waals surface area contributed by atoms with E-state index in [1.807, 2.05) is 27.1 Å². The molecular formula is C10H17N3OS. The number of hydrogen-bond acceptors (Lipinski definition) is 4. The van der Waals surface area contributed by atoms with E-state index in [1.165, 1.54) is 11.5 Å². The number of carbonyl (C=O) groups is 1. The first kappa shape index (κ1) is 12.1. The lowest BCUT2D eigenvalue weighted by Gasteiger charge is -2.08. The number of carbonyl (C=O) groups excluding carboxylic acids is 1. The average molecular weight is 227 g/mol. The third kappa shape index (κ3) is 4.40. The van der Waals surface area contributed by atoms with Crippen molar-refractivity contribution in [1.82, 2.24) is 14.6 Å². The summed E-state index contributed by atoms with van der Waals surface area (Å²) >= 11 is 1.36. The van der Waals surface area contributed by atoms with E-state index in [4.69, 9.17) is 0 Å². The van der Waals surface area contributed by atoms with Crippen molar-refractivity contribution < 1.29 is 4.79 Å². The van der Waals surface area contributed by atoms with Crippen molar-refractivity contribution in [3.8, 4) is 0 Å². The monoisotopic (exact) mass is 227 g/mol. The zero-order valence-electron chi connectivity index (χ0n) is 9.41. The third-order valence-corrected chi connectivity index (χ3v) is 2.62. The lowest BCUT2D eigenvalue weighted by atomic mass is 10.3. The van der Waals surface area contributed by atoms with Gasteiger partial charge in [-0.2, -0.15) is 4.37 Å². The highest BCUT2D eigenvalue weighted by molar-refractivity contribution is 7.05. The van der Waals surface area contributed by atoms with E-state index in [1.54, 1.807) is 0 Å². The minimum atomic E-state index is -0.0712. The molecule has 0 aliphatic rings. The summed E-state index contributed by atoms with van der Waals surface area (Å²) in [5.74, 6) is -0.0712. The van der Waals surface area contributed by atoms with Gasteiger partial charge in [-0.05, 0) is 51.6 Å². The van der Waals surface area contributed by atoms with Crippen LogP contribution in [0.3, 0.4) is 0 Å². The quantitative estimate of drug-likeness (QED) is 0.767. The fourth-order valence-corrected chi connectivity index (χ4v) is 1.70. The van der Waals surface area contributed by atoms with Crippen LogP contribution in [-0.2, 0) is 0 Å². The summed E-state index contributed by atoms with van der Waals surface area (Å²) in [6, 6.07) is 1.81. The molecule has 1 heterocycles. The maximum Gasteiger partial charge on any atom is 0.270 e. The molecule has 0 unspecified atom stereocenters. The molecule has 1 aromatic rings. The molecule has 0 aliphatic carbocycles. The number of nitrogens with zero attached hydrogens (tertiary/aromatic N) is 2. The molecule has 84 valence electrons. The van der Waals surface area contributed by atoms with Gasteiger partial charge in [0.2, 0.25) is 0 Å². The predicted molar refractivity (Wildman–Crippen MR) is 62.4 cm³/mol. The molecular weight excluding hydrogens is 210 g/mol. The van der Waals surface area contributed by atoms with Gasteiger partial charge in [0.25, 0.3) is 5.91 Å². The second-order valence-electron chi connectivity index (χ2n) is 3.74. The summed E-state index contributed by atoms with van der Waals surface area (Å²) < 4.78 is 4.05. The molecule has 1 aromatic heterocycles. The first-order valence-corrected chi connectivity index (χ1v) is 5.73. The number of aryl methyl sites for hydroxylation is 1. The highest BCUT2D eigenvalue weighted by Crippen LogP contribution is 2.07. The highest BCUT2D eigenvalue weighted by atomic mass is 32.1. The number of nitrogens with one attached hydrogen (secondary N) is 1. The van der Waals surface area contributed by atoms with Crippen LogP contribution in [0.25, 0.3) is 0 Å². The van der Waals surface area contributed by atoms with Crippen molar-refractivity contribution >= 4 is 17.4 Å². The first-order valence-electron chi connectivity index (χ1n) is 4.96. The average Bonchev–Trinajstić information content (AvgIpc) is 2.59. The van der Waals surface area contributed by atoms with E-state index in [2.05, 4.69) is 14.6 Å². The largest absolute Gasteiger partial charge is 0.351 e. The van der Waals surface area contributed by atoms with E-state index >= 15 is 0 Å². The molecule has 1 rings (SSSR count). The number of hydrogen-bond donors (Lipinski definition) is 1. The molecule has 0 aromatic carbocycles. The molecule has 0 aliphatic heterocycles. The molecule has 0 radical (unpaired) electrons. The molecule has 0 spiro atoms. The Morgan fingerprint density at radius 3 is 2.87 bits per heavy atom. The van der Waals surface area contributed by atoms with Crippen LogP contribution in [0.15, 0.2) is 6.07 Å². The number of rotatable bonds is 5. The fraction of sp³-hybridized carbons (Fsp3) is 0.600. The molecule has 1 N–H and O–H groups in total. The van der Waals surface area contributed by atoms with E-state index < -0.39 is 0 Å². The van der Waals surface area contributed by atoms with Gasteiger partial charge < -0.3 is 10.2 Å². The molecule has 1 amide bonds. The Morgan fingerprint density at radius 1 is 1.60 bits per heavy atom. The Balaban J connectivity index is 2.25. The van der Waals surface area contributed by atoms with Crippen LogP contribution >= 0.6 is 11.5 Å². The zero-order chi connectivity index (χ0) is 11.3. The van der Waals surface area contributed by atoms with Crippen LogP contribution in [-0.4, -0.2) is 42.4 Å². The lowest BCUT2D eigenvalue weighted by Crippen LogP contribution is -2.27. The predicted octanol–water partition coefficient (Wildman–Crippen LogP) is 1.13.